The van der Waals surface area contributed by atoms with Gasteiger partial charge in [-0.1, -0.05) is 60.7 Å². The van der Waals surface area contributed by atoms with E-state index in [-0.39, 0.29) is 37.7 Å². The van der Waals surface area contributed by atoms with E-state index in [1.54, 1.807) is 36.2 Å². The van der Waals surface area contributed by atoms with Crippen molar-refractivity contribution in [2.45, 2.75) is 38.8 Å². The molecule has 1 N–H and O–H groups in total. The Bertz CT molecular complexity index is 1300. The number of amides is 2. The Labute approximate surface area is 231 Å². The van der Waals surface area contributed by atoms with Gasteiger partial charge in [0.1, 0.15) is 11.8 Å². The molecule has 8 nitrogen and oxygen atoms in total. The maximum Gasteiger partial charge on any atom is 0.242 e. The van der Waals surface area contributed by atoms with Crippen LogP contribution in [0, 0.1) is 0 Å². The Morgan fingerprint density at radius 3 is 2.03 bits per heavy atom. The van der Waals surface area contributed by atoms with Gasteiger partial charge in [-0.3, -0.25) is 13.9 Å². The van der Waals surface area contributed by atoms with Crippen LogP contribution in [0.1, 0.15) is 30.9 Å². The highest BCUT2D eigenvalue weighted by molar-refractivity contribution is 7.92. The summed E-state index contributed by atoms with van der Waals surface area (Å²) in [6.45, 7) is 2.78. The van der Waals surface area contributed by atoms with E-state index < -0.39 is 16.1 Å². The van der Waals surface area contributed by atoms with Gasteiger partial charge in [-0.05, 0) is 48.7 Å². The van der Waals surface area contributed by atoms with Crippen LogP contribution in [-0.2, 0) is 32.6 Å². The van der Waals surface area contributed by atoms with Crippen molar-refractivity contribution in [3.63, 3.8) is 0 Å². The number of carbonyl (C=O) groups excluding carboxylic acids is 2. The zero-order valence-corrected chi connectivity index (χ0v) is 23.6. The molecule has 3 aromatic rings. The number of benzene rings is 3. The van der Waals surface area contributed by atoms with Crippen LogP contribution in [0.15, 0.2) is 84.9 Å². The number of rotatable bonds is 14. The zero-order valence-electron chi connectivity index (χ0n) is 22.7. The van der Waals surface area contributed by atoms with E-state index in [4.69, 9.17) is 4.74 Å². The molecule has 2 amide bonds. The molecule has 0 aliphatic carbocycles. The third-order valence-corrected chi connectivity index (χ3v) is 7.50. The summed E-state index contributed by atoms with van der Waals surface area (Å²) in [4.78, 5) is 28.3. The third-order valence-electron chi connectivity index (χ3n) is 6.30. The minimum Gasteiger partial charge on any atom is -0.494 e. The summed E-state index contributed by atoms with van der Waals surface area (Å²) in [6.07, 6.45) is 1.88. The van der Waals surface area contributed by atoms with Crippen LogP contribution in [0.2, 0.25) is 0 Å². The van der Waals surface area contributed by atoms with Crippen molar-refractivity contribution in [1.29, 1.82) is 0 Å². The first kappa shape index (κ1) is 29.7. The fraction of sp³-hybridized carbons (Fsp3) is 0.333. The summed E-state index contributed by atoms with van der Waals surface area (Å²) in [5.74, 6) is 0.180. The fourth-order valence-electron chi connectivity index (χ4n) is 4.38. The Morgan fingerprint density at radius 1 is 0.897 bits per heavy atom. The second-order valence-electron chi connectivity index (χ2n) is 9.19. The van der Waals surface area contributed by atoms with Crippen molar-refractivity contribution in [1.82, 2.24) is 10.2 Å². The van der Waals surface area contributed by atoms with Crippen molar-refractivity contribution in [3.8, 4) is 5.75 Å². The van der Waals surface area contributed by atoms with E-state index in [1.807, 2.05) is 67.6 Å². The number of sulfonamides is 1. The molecular formula is C30H37N3O5S. The maximum absolute atomic E-state index is 13.6. The first-order valence-corrected chi connectivity index (χ1v) is 14.9. The minimum atomic E-state index is -3.58. The lowest BCUT2D eigenvalue weighted by molar-refractivity contribution is -0.141. The zero-order chi connectivity index (χ0) is 28.3. The number of anilines is 1. The number of likely N-dealkylation sites (N-methyl/N-ethyl adjacent to an activating group) is 1. The molecular weight excluding hydrogens is 514 g/mol. The summed E-state index contributed by atoms with van der Waals surface area (Å²) >= 11 is 0. The Kier molecular flexibility index (Phi) is 10.9. The molecule has 0 fully saturated rings. The third kappa shape index (κ3) is 8.85. The Balaban J connectivity index is 1.80. The normalized spacial score (nSPS) is 11.9. The number of nitrogens with one attached hydrogen (secondary N) is 1. The van der Waals surface area contributed by atoms with E-state index >= 15 is 0 Å². The lowest BCUT2D eigenvalue weighted by Crippen LogP contribution is -2.49. The lowest BCUT2D eigenvalue weighted by Gasteiger charge is -2.31. The standard InChI is InChI=1S/C30H37N3O5S/c1-4-38-27-19-17-26(18-20-27)33(39(3,36)37)21-11-16-29(34)32(23-25-14-9-6-10-15-25)28(30(35)31-2)22-24-12-7-5-8-13-24/h5-10,12-15,17-20,28H,4,11,16,21-23H2,1-3H3,(H,31,35). The quantitative estimate of drug-likeness (QED) is 0.327. The summed E-state index contributed by atoms with van der Waals surface area (Å²) in [5, 5.41) is 2.71. The van der Waals surface area contributed by atoms with E-state index in [2.05, 4.69) is 5.32 Å². The van der Waals surface area contributed by atoms with Gasteiger partial charge in [0.2, 0.25) is 21.8 Å². The number of carbonyl (C=O) groups is 2. The number of hydrogen-bond acceptors (Lipinski definition) is 5. The monoisotopic (exact) mass is 551 g/mol. The van der Waals surface area contributed by atoms with Crippen LogP contribution < -0.4 is 14.4 Å². The summed E-state index contributed by atoms with van der Waals surface area (Å²) in [5.41, 5.74) is 2.34. The van der Waals surface area contributed by atoms with E-state index in [0.29, 0.717) is 24.5 Å². The molecule has 9 heteroatoms. The van der Waals surface area contributed by atoms with Crippen LogP contribution in [0.5, 0.6) is 5.75 Å². The average Bonchev–Trinajstić information content (AvgIpc) is 2.93. The first-order valence-electron chi connectivity index (χ1n) is 13.0. The van der Waals surface area contributed by atoms with Crippen molar-refractivity contribution in [3.05, 3.63) is 96.1 Å². The van der Waals surface area contributed by atoms with Crippen LogP contribution in [0.25, 0.3) is 0 Å². The van der Waals surface area contributed by atoms with E-state index in [0.717, 1.165) is 17.4 Å². The molecule has 3 rings (SSSR count). The first-order chi connectivity index (χ1) is 18.7. The van der Waals surface area contributed by atoms with E-state index in [9.17, 15) is 18.0 Å². The van der Waals surface area contributed by atoms with Crippen molar-refractivity contribution in [2.75, 3.05) is 30.8 Å². The molecule has 0 aromatic heterocycles. The van der Waals surface area contributed by atoms with Crippen LogP contribution in [-0.4, -0.2) is 57.6 Å². The van der Waals surface area contributed by atoms with Crippen LogP contribution in [0.3, 0.4) is 0 Å². The topological polar surface area (TPSA) is 96.0 Å². The van der Waals surface area contributed by atoms with Gasteiger partial charge in [-0.15, -0.1) is 0 Å². The smallest absolute Gasteiger partial charge is 0.242 e. The molecule has 1 unspecified atom stereocenters. The van der Waals surface area contributed by atoms with Gasteiger partial charge in [0.15, 0.2) is 0 Å². The summed E-state index contributed by atoms with van der Waals surface area (Å²) in [6, 6.07) is 25.2. The second-order valence-corrected chi connectivity index (χ2v) is 11.1. The second kappa shape index (κ2) is 14.3. The summed E-state index contributed by atoms with van der Waals surface area (Å²) < 4.78 is 31.9. The average molecular weight is 552 g/mol. The minimum absolute atomic E-state index is 0.0815. The molecule has 0 spiro atoms. The predicted octanol–water partition coefficient (Wildman–Crippen LogP) is 4.02. The van der Waals surface area contributed by atoms with Crippen LogP contribution in [0.4, 0.5) is 5.69 Å². The van der Waals surface area contributed by atoms with Crippen molar-refractivity contribution >= 4 is 27.5 Å². The number of ether oxygens (including phenoxy) is 1. The fourth-order valence-corrected chi connectivity index (χ4v) is 5.35. The van der Waals surface area contributed by atoms with Gasteiger partial charge in [-0.25, -0.2) is 8.42 Å². The van der Waals surface area contributed by atoms with Crippen molar-refractivity contribution in [2.24, 2.45) is 0 Å². The van der Waals surface area contributed by atoms with Gasteiger partial charge in [0.05, 0.1) is 18.6 Å². The molecule has 0 saturated carbocycles. The van der Waals surface area contributed by atoms with Gasteiger partial charge in [0, 0.05) is 33.0 Å². The van der Waals surface area contributed by atoms with Gasteiger partial charge in [-0.2, -0.15) is 0 Å². The molecule has 0 heterocycles. The van der Waals surface area contributed by atoms with Crippen molar-refractivity contribution < 1.29 is 22.7 Å². The summed E-state index contributed by atoms with van der Waals surface area (Å²) in [7, 11) is -2.02. The molecule has 3 aromatic carbocycles. The molecule has 0 aliphatic rings. The number of nitrogens with zero attached hydrogens (tertiary/aromatic N) is 2. The maximum atomic E-state index is 13.6. The molecule has 39 heavy (non-hydrogen) atoms. The Hall–Kier alpha value is -3.85. The highest BCUT2D eigenvalue weighted by Gasteiger charge is 2.30. The SMILES string of the molecule is CCOc1ccc(N(CCCC(=O)N(Cc2ccccc2)C(Cc2ccccc2)C(=O)NC)S(C)(=O)=O)cc1. The Morgan fingerprint density at radius 2 is 1.49 bits per heavy atom. The van der Waals surface area contributed by atoms with Gasteiger partial charge in [0.25, 0.3) is 0 Å². The highest BCUT2D eigenvalue weighted by Crippen LogP contribution is 2.23. The molecule has 1 atom stereocenters. The molecule has 0 saturated heterocycles. The lowest BCUT2D eigenvalue weighted by atomic mass is 10.0. The molecule has 0 aliphatic heterocycles. The molecule has 0 bridgehead atoms. The molecule has 208 valence electrons. The van der Waals surface area contributed by atoms with Crippen LogP contribution >= 0.6 is 0 Å². The molecule has 0 radical (unpaired) electrons. The number of hydrogen-bond donors (Lipinski definition) is 1. The van der Waals surface area contributed by atoms with E-state index in [1.165, 1.54) is 4.31 Å². The van der Waals surface area contributed by atoms with Gasteiger partial charge < -0.3 is 15.0 Å². The highest BCUT2D eigenvalue weighted by atomic mass is 32.2. The predicted molar refractivity (Wildman–Crippen MR) is 154 cm³/mol. The largest absolute Gasteiger partial charge is 0.494 e. The van der Waals surface area contributed by atoms with Gasteiger partial charge >= 0.3 is 0 Å².